The highest BCUT2D eigenvalue weighted by Crippen LogP contribution is 2.27. The fourth-order valence-electron chi connectivity index (χ4n) is 2.57. The first-order valence-corrected chi connectivity index (χ1v) is 7.27. The zero-order valence-electron chi connectivity index (χ0n) is 13.7. The van der Waals surface area contributed by atoms with Crippen molar-refractivity contribution in [2.75, 3.05) is 0 Å². The first-order chi connectivity index (χ1) is 10.1. The Kier molecular flexibility index (Phi) is 3.96. The van der Waals surface area contributed by atoms with Crippen molar-refractivity contribution in [3.63, 3.8) is 0 Å². The van der Waals surface area contributed by atoms with Gasteiger partial charge in [-0.3, -0.25) is 9.59 Å². The molecular formula is C18H22N2O2. The fraction of sp³-hybridized carbons (Fsp3) is 0.333. The molecule has 2 aromatic rings. The normalized spacial score (nSPS) is 11.5. The number of hydrogen-bond donors (Lipinski definition) is 1. The van der Waals surface area contributed by atoms with Crippen molar-refractivity contribution >= 4 is 11.7 Å². The molecule has 0 radical (unpaired) electrons. The molecule has 1 heterocycles. The van der Waals surface area contributed by atoms with Crippen LogP contribution in [-0.4, -0.2) is 16.3 Å². The molecule has 0 bridgehead atoms. The molecule has 0 aliphatic heterocycles. The molecule has 1 aromatic carbocycles. The van der Waals surface area contributed by atoms with Crippen LogP contribution in [0.4, 0.5) is 0 Å². The third kappa shape index (κ3) is 2.82. The Morgan fingerprint density at radius 2 is 1.59 bits per heavy atom. The summed E-state index contributed by atoms with van der Waals surface area (Å²) in [5, 5.41) is 0. The number of aryl methyl sites for hydroxylation is 1. The number of nitrogens with zero attached hydrogens (tertiary/aromatic N) is 1. The van der Waals surface area contributed by atoms with E-state index in [9.17, 15) is 9.59 Å². The Balaban J connectivity index is 2.51. The van der Waals surface area contributed by atoms with Crippen molar-refractivity contribution in [2.45, 2.75) is 34.6 Å². The van der Waals surface area contributed by atoms with E-state index in [1.165, 1.54) is 0 Å². The summed E-state index contributed by atoms with van der Waals surface area (Å²) < 4.78 is 2.02. The molecule has 0 saturated heterocycles. The lowest BCUT2D eigenvalue weighted by Crippen LogP contribution is -2.20. The predicted molar refractivity (Wildman–Crippen MR) is 87.5 cm³/mol. The molecule has 4 nitrogen and oxygen atoms in total. The minimum Gasteiger partial charge on any atom is -0.366 e. The van der Waals surface area contributed by atoms with Crippen LogP contribution in [0.5, 0.6) is 0 Å². The third-order valence-corrected chi connectivity index (χ3v) is 3.77. The molecule has 2 rings (SSSR count). The summed E-state index contributed by atoms with van der Waals surface area (Å²) in [6.45, 7) is 9.66. The zero-order valence-corrected chi connectivity index (χ0v) is 13.7. The SMILES string of the molecule is Cc1cc(C(=O)C(C)(C)C)c(C)n1-c1ccc(C(N)=O)cc1. The lowest BCUT2D eigenvalue weighted by atomic mass is 9.86. The van der Waals surface area contributed by atoms with E-state index in [2.05, 4.69) is 0 Å². The second-order valence-electron chi connectivity index (χ2n) is 6.61. The molecule has 22 heavy (non-hydrogen) atoms. The van der Waals surface area contributed by atoms with E-state index in [0.717, 1.165) is 22.6 Å². The summed E-state index contributed by atoms with van der Waals surface area (Å²) in [5.41, 5.74) is 8.86. The average Bonchev–Trinajstić information content (AvgIpc) is 2.72. The van der Waals surface area contributed by atoms with Crippen LogP contribution in [0.15, 0.2) is 30.3 Å². The smallest absolute Gasteiger partial charge is 0.248 e. The van der Waals surface area contributed by atoms with E-state index < -0.39 is 11.3 Å². The second-order valence-corrected chi connectivity index (χ2v) is 6.61. The Morgan fingerprint density at radius 1 is 1.05 bits per heavy atom. The summed E-state index contributed by atoms with van der Waals surface area (Å²) in [5.74, 6) is -0.322. The van der Waals surface area contributed by atoms with Crippen LogP contribution in [-0.2, 0) is 0 Å². The number of Topliss-reactive ketones (excluding diaryl/α,β-unsaturated/α-hetero) is 1. The van der Waals surface area contributed by atoms with Crippen molar-refractivity contribution in [3.05, 3.63) is 52.8 Å². The van der Waals surface area contributed by atoms with Gasteiger partial charge in [0.15, 0.2) is 5.78 Å². The number of nitrogens with two attached hydrogens (primary N) is 1. The van der Waals surface area contributed by atoms with Gasteiger partial charge in [-0.1, -0.05) is 20.8 Å². The third-order valence-electron chi connectivity index (χ3n) is 3.77. The van der Waals surface area contributed by atoms with Crippen LogP contribution in [0.3, 0.4) is 0 Å². The number of carbonyl (C=O) groups is 2. The molecule has 0 aliphatic rings. The van der Waals surface area contributed by atoms with Gasteiger partial charge in [0.2, 0.25) is 5.91 Å². The van der Waals surface area contributed by atoms with Gasteiger partial charge in [-0.05, 0) is 44.2 Å². The number of ketones is 1. The van der Waals surface area contributed by atoms with Gasteiger partial charge in [-0.2, -0.15) is 0 Å². The second kappa shape index (κ2) is 5.44. The summed E-state index contributed by atoms with van der Waals surface area (Å²) in [7, 11) is 0. The fourth-order valence-corrected chi connectivity index (χ4v) is 2.57. The maximum Gasteiger partial charge on any atom is 0.248 e. The number of carbonyl (C=O) groups excluding carboxylic acids is 2. The number of amides is 1. The van der Waals surface area contributed by atoms with Gasteiger partial charge in [0.25, 0.3) is 0 Å². The number of benzene rings is 1. The van der Waals surface area contributed by atoms with Crippen molar-refractivity contribution in [1.29, 1.82) is 0 Å². The minimum absolute atomic E-state index is 0.126. The van der Waals surface area contributed by atoms with Crippen LogP contribution in [0, 0.1) is 19.3 Å². The monoisotopic (exact) mass is 298 g/mol. The number of rotatable bonds is 3. The number of aromatic nitrogens is 1. The quantitative estimate of drug-likeness (QED) is 0.882. The molecule has 0 spiro atoms. The van der Waals surface area contributed by atoms with Gasteiger partial charge >= 0.3 is 0 Å². The lowest BCUT2D eigenvalue weighted by molar-refractivity contribution is 0.0857. The molecule has 4 heteroatoms. The highest BCUT2D eigenvalue weighted by atomic mass is 16.1. The van der Waals surface area contributed by atoms with E-state index in [1.54, 1.807) is 12.1 Å². The minimum atomic E-state index is -0.448. The molecule has 0 aliphatic carbocycles. The van der Waals surface area contributed by atoms with Crippen LogP contribution >= 0.6 is 0 Å². The highest BCUT2D eigenvalue weighted by Gasteiger charge is 2.26. The van der Waals surface area contributed by atoms with E-state index in [1.807, 2.05) is 57.4 Å². The van der Waals surface area contributed by atoms with Crippen LogP contribution in [0.1, 0.15) is 52.9 Å². The van der Waals surface area contributed by atoms with E-state index in [4.69, 9.17) is 5.73 Å². The summed E-state index contributed by atoms with van der Waals surface area (Å²) >= 11 is 0. The summed E-state index contributed by atoms with van der Waals surface area (Å²) in [6.07, 6.45) is 0. The van der Waals surface area contributed by atoms with Gasteiger partial charge in [0.1, 0.15) is 0 Å². The maximum absolute atomic E-state index is 12.6. The molecule has 1 aromatic heterocycles. The van der Waals surface area contributed by atoms with Gasteiger partial charge in [0.05, 0.1) is 0 Å². The average molecular weight is 298 g/mol. The molecular weight excluding hydrogens is 276 g/mol. The highest BCUT2D eigenvalue weighted by molar-refractivity contribution is 6.01. The standard InChI is InChI=1S/C18H22N2O2/c1-11-10-15(16(21)18(3,4)5)12(2)20(11)14-8-6-13(7-9-14)17(19)22/h6-10H,1-5H3,(H2,19,22). The van der Waals surface area contributed by atoms with Gasteiger partial charge in [-0.25, -0.2) is 0 Å². The first kappa shape index (κ1) is 16.0. The Hall–Kier alpha value is -2.36. The molecule has 0 atom stereocenters. The maximum atomic E-state index is 12.6. The summed E-state index contributed by atoms with van der Waals surface area (Å²) in [6, 6.07) is 8.99. The Morgan fingerprint density at radius 3 is 2.05 bits per heavy atom. The number of primary amides is 1. The lowest BCUT2D eigenvalue weighted by Gasteiger charge is -2.17. The topological polar surface area (TPSA) is 65.1 Å². The molecule has 1 amide bonds. The van der Waals surface area contributed by atoms with E-state index in [0.29, 0.717) is 5.56 Å². The van der Waals surface area contributed by atoms with E-state index >= 15 is 0 Å². The van der Waals surface area contributed by atoms with E-state index in [-0.39, 0.29) is 5.78 Å². The molecule has 2 N–H and O–H groups in total. The molecule has 0 saturated carbocycles. The van der Waals surface area contributed by atoms with Gasteiger partial charge in [-0.15, -0.1) is 0 Å². The van der Waals surface area contributed by atoms with Crippen molar-refractivity contribution in [2.24, 2.45) is 11.1 Å². The van der Waals surface area contributed by atoms with Crippen molar-refractivity contribution in [3.8, 4) is 5.69 Å². The van der Waals surface area contributed by atoms with Crippen LogP contribution < -0.4 is 5.73 Å². The Labute approximate surface area is 130 Å². The van der Waals surface area contributed by atoms with Crippen LogP contribution in [0.2, 0.25) is 0 Å². The molecule has 0 unspecified atom stereocenters. The van der Waals surface area contributed by atoms with Crippen molar-refractivity contribution < 1.29 is 9.59 Å². The Bertz CT molecular complexity index is 732. The predicted octanol–water partition coefficient (Wildman–Crippen LogP) is 3.42. The van der Waals surface area contributed by atoms with Gasteiger partial charge < -0.3 is 10.3 Å². The molecule has 0 fully saturated rings. The zero-order chi connectivity index (χ0) is 16.7. The summed E-state index contributed by atoms with van der Waals surface area (Å²) in [4.78, 5) is 23.7. The van der Waals surface area contributed by atoms with Gasteiger partial charge in [0, 0.05) is 33.6 Å². The first-order valence-electron chi connectivity index (χ1n) is 7.27. The molecule has 116 valence electrons. The van der Waals surface area contributed by atoms with Crippen LogP contribution in [0.25, 0.3) is 5.69 Å². The van der Waals surface area contributed by atoms with Crippen molar-refractivity contribution in [1.82, 2.24) is 4.57 Å². The number of hydrogen-bond acceptors (Lipinski definition) is 2. The largest absolute Gasteiger partial charge is 0.366 e.